The number of aromatic hydroxyl groups is 6. The molecule has 0 aliphatic rings. The van der Waals surface area contributed by atoms with Gasteiger partial charge in [0.2, 0.25) is 0 Å². The maximum Gasteiger partial charge on any atom is 0.332 e. The summed E-state index contributed by atoms with van der Waals surface area (Å²) >= 11 is 0. The molecule has 3 rings (SSSR count). The van der Waals surface area contributed by atoms with E-state index in [1.807, 2.05) is 16.0 Å². The van der Waals surface area contributed by atoms with Crippen LogP contribution in [-0.2, 0) is 23.9 Å². The van der Waals surface area contributed by atoms with Gasteiger partial charge in [-0.05, 0) is 36.4 Å². The van der Waals surface area contributed by atoms with Gasteiger partial charge in [-0.3, -0.25) is 14.4 Å². The normalized spacial score (nSPS) is 12.4. The molecule has 3 atom stereocenters. The highest BCUT2D eigenvalue weighted by Crippen LogP contribution is 2.30. The van der Waals surface area contributed by atoms with E-state index in [0.29, 0.717) is 0 Å². The van der Waals surface area contributed by atoms with E-state index in [-0.39, 0.29) is 0 Å². The first kappa shape index (κ1) is 36.7. The molecule has 19 heteroatoms. The van der Waals surface area contributed by atoms with E-state index in [1.165, 1.54) is 12.1 Å². The van der Waals surface area contributed by atoms with Gasteiger partial charge in [-0.25, -0.2) is 9.59 Å². The predicted molar refractivity (Wildman–Crippen MR) is 157 cm³/mol. The van der Waals surface area contributed by atoms with E-state index in [2.05, 4.69) is 0 Å². The average molecular weight is 687 g/mol. The van der Waals surface area contributed by atoms with Gasteiger partial charge in [0, 0.05) is 0 Å². The highest BCUT2D eigenvalue weighted by molar-refractivity contribution is 6.01. The number of rotatable bonds is 14. The number of benzene rings is 3. The maximum absolute atomic E-state index is 13.0. The van der Waals surface area contributed by atoms with Gasteiger partial charge >= 0.3 is 11.9 Å². The summed E-state index contributed by atoms with van der Waals surface area (Å²) < 4.78 is 9.86. The summed E-state index contributed by atoms with van der Waals surface area (Å²) in [7, 11) is 0. The molecule has 260 valence electrons. The third-order valence-electron chi connectivity index (χ3n) is 6.51. The fraction of sp³-hybridized carbons (Fsp3) is 0.200. The minimum Gasteiger partial charge on any atom is -0.548 e. The second-order valence-electron chi connectivity index (χ2n) is 9.86. The Morgan fingerprint density at radius 1 is 0.551 bits per heavy atom. The van der Waals surface area contributed by atoms with E-state index in [9.17, 15) is 69.6 Å². The molecule has 0 radical (unpaired) electrons. The highest BCUT2D eigenvalue weighted by Gasteiger charge is 2.31. The summed E-state index contributed by atoms with van der Waals surface area (Å²) in [4.78, 5) is 75.3. The van der Waals surface area contributed by atoms with Crippen molar-refractivity contribution in [1.82, 2.24) is 16.0 Å². The number of carbonyl (C=O) groups excluding carboxylic acids is 6. The van der Waals surface area contributed by atoms with E-state index in [4.69, 9.17) is 9.47 Å². The Hall–Kier alpha value is -6.76. The van der Waals surface area contributed by atoms with E-state index < -0.39 is 125 Å². The van der Waals surface area contributed by atoms with Crippen LogP contribution in [0.4, 0.5) is 0 Å². The number of aliphatic hydroxyl groups excluding tert-OH is 1. The van der Waals surface area contributed by atoms with Gasteiger partial charge in [-0.1, -0.05) is 18.2 Å². The number of carboxylic acids is 1. The van der Waals surface area contributed by atoms with Crippen LogP contribution >= 0.6 is 0 Å². The first-order valence-electron chi connectivity index (χ1n) is 13.8. The highest BCUT2D eigenvalue weighted by atomic mass is 16.6. The van der Waals surface area contributed by atoms with Crippen molar-refractivity contribution in [3.05, 3.63) is 71.3 Å². The van der Waals surface area contributed by atoms with Crippen LogP contribution in [0.3, 0.4) is 0 Å². The molecule has 19 nitrogen and oxygen atoms in total. The number of ether oxygens (including phenoxy) is 2. The summed E-state index contributed by atoms with van der Waals surface area (Å²) in [6.07, 6.45) is 0. The van der Waals surface area contributed by atoms with Crippen molar-refractivity contribution in [2.45, 2.75) is 18.1 Å². The quantitative estimate of drug-likeness (QED) is 0.0616. The zero-order chi connectivity index (χ0) is 36.4. The van der Waals surface area contributed by atoms with Gasteiger partial charge in [0.1, 0.15) is 19.3 Å². The molecule has 0 heterocycles. The number of nitrogens with one attached hydrogen (secondary N) is 3. The fourth-order valence-electron chi connectivity index (χ4n) is 3.90. The lowest BCUT2D eigenvalue weighted by atomic mass is 10.1. The lowest BCUT2D eigenvalue weighted by Gasteiger charge is -2.23. The van der Waals surface area contributed by atoms with Crippen molar-refractivity contribution in [3.63, 3.8) is 0 Å². The number of para-hydroxylation sites is 3. The molecule has 0 aliphatic carbocycles. The summed E-state index contributed by atoms with van der Waals surface area (Å²) in [6.45, 7) is -3.34. The smallest absolute Gasteiger partial charge is 0.332 e. The molecule has 0 unspecified atom stereocenters. The van der Waals surface area contributed by atoms with Crippen LogP contribution in [0.15, 0.2) is 54.6 Å². The number of carboxylic acid groups (broad SMARTS) is 1. The lowest BCUT2D eigenvalue weighted by molar-refractivity contribution is -0.308. The third kappa shape index (κ3) is 9.16. The summed E-state index contributed by atoms with van der Waals surface area (Å²) in [5.74, 6) is -13.2. The molecule has 0 saturated heterocycles. The Morgan fingerprint density at radius 2 is 0.878 bits per heavy atom. The van der Waals surface area contributed by atoms with Gasteiger partial charge in [0.15, 0.2) is 46.6 Å². The second kappa shape index (κ2) is 16.2. The first-order valence-corrected chi connectivity index (χ1v) is 13.8. The Morgan fingerprint density at radius 3 is 1.24 bits per heavy atom. The number of aliphatic carboxylic acids is 1. The summed E-state index contributed by atoms with van der Waals surface area (Å²) in [6, 6.07) is 3.91. The van der Waals surface area contributed by atoms with Crippen LogP contribution < -0.4 is 21.1 Å². The lowest BCUT2D eigenvalue weighted by Crippen LogP contribution is -2.52. The van der Waals surface area contributed by atoms with Crippen LogP contribution in [-0.4, -0.2) is 109 Å². The van der Waals surface area contributed by atoms with Gasteiger partial charge in [0.25, 0.3) is 17.7 Å². The van der Waals surface area contributed by atoms with Gasteiger partial charge in [-0.15, -0.1) is 0 Å². The molecule has 3 aromatic carbocycles. The van der Waals surface area contributed by atoms with Crippen molar-refractivity contribution in [1.29, 1.82) is 0 Å². The number of aliphatic hydroxyl groups is 1. The minimum atomic E-state index is -2.07. The Bertz CT molecular complexity index is 1760. The first-order chi connectivity index (χ1) is 23.2. The fourth-order valence-corrected chi connectivity index (χ4v) is 3.90. The molecule has 0 aromatic heterocycles. The van der Waals surface area contributed by atoms with Crippen molar-refractivity contribution < 1.29 is 79.1 Å². The second-order valence-corrected chi connectivity index (χ2v) is 9.86. The Kier molecular flexibility index (Phi) is 12.1. The molecular weight excluding hydrogens is 658 g/mol. The van der Waals surface area contributed by atoms with E-state index in [0.717, 1.165) is 42.5 Å². The van der Waals surface area contributed by atoms with Crippen LogP contribution in [0, 0.1) is 0 Å². The van der Waals surface area contributed by atoms with Gasteiger partial charge < -0.3 is 71.1 Å². The molecule has 3 amide bonds. The van der Waals surface area contributed by atoms with E-state index >= 15 is 0 Å². The minimum absolute atomic E-state index is 0.486. The number of carbonyl (C=O) groups is 6. The number of hydrogen-bond donors (Lipinski definition) is 10. The monoisotopic (exact) mass is 686 g/mol. The molecule has 0 bridgehead atoms. The van der Waals surface area contributed by atoms with Gasteiger partial charge in [-0.2, -0.15) is 0 Å². The van der Waals surface area contributed by atoms with E-state index in [1.54, 1.807) is 0 Å². The van der Waals surface area contributed by atoms with Crippen molar-refractivity contribution >= 4 is 35.6 Å². The number of phenols is 6. The van der Waals surface area contributed by atoms with Crippen molar-refractivity contribution in [3.8, 4) is 34.5 Å². The molecule has 0 spiro atoms. The molecule has 0 saturated carbocycles. The molecule has 0 fully saturated rings. The summed E-state index contributed by atoms with van der Waals surface area (Å²) in [5, 5.41) is 86.1. The predicted octanol–water partition coefficient (Wildman–Crippen LogP) is -2.56. The molecule has 49 heavy (non-hydrogen) atoms. The Labute approximate surface area is 274 Å². The standard InChI is InChI=1S/C30H29N3O16/c34-10-16(31-25(41)13-4-1-7-19(35)22(13)38)29(46)49-12-18(33-27(43)15-6-3-9-21(37)24(15)40)30(47)48-11-17(28(44)45)32-26(42)14-5-2-8-20(36)23(14)39/h1-9,16-18,34-40H,10-12H2,(H,31,41)(H,32,42)(H,33,43)(H,44,45)/p-1/t16-,17-,18-/m0/s1. The zero-order valence-corrected chi connectivity index (χ0v) is 24.9. The molecule has 3 aromatic rings. The SMILES string of the molecule is O=C(N[C@@H](COC(=O)[C@H](COC(=O)[C@H](CO)NC(=O)c1cccc(O)c1O)NC(=O)c1cccc(O)c1O)C(=O)[O-])c1cccc(O)c1O. The number of hydrogen-bond acceptors (Lipinski definition) is 16. The largest absolute Gasteiger partial charge is 0.548 e. The van der Waals surface area contributed by atoms with Crippen LogP contribution in [0.25, 0.3) is 0 Å². The molecule has 10 N–H and O–H groups in total. The Balaban J connectivity index is 1.76. The maximum atomic E-state index is 13.0. The number of phenolic OH excluding ortho intramolecular Hbond substituents is 6. The van der Waals surface area contributed by atoms with Crippen LogP contribution in [0.5, 0.6) is 34.5 Å². The van der Waals surface area contributed by atoms with Crippen molar-refractivity contribution in [2.75, 3.05) is 19.8 Å². The van der Waals surface area contributed by atoms with Crippen LogP contribution in [0.2, 0.25) is 0 Å². The molecular formula is C30H28N3O16-. The average Bonchev–Trinajstić information content (AvgIpc) is 3.06. The summed E-state index contributed by atoms with van der Waals surface area (Å²) in [5.41, 5.74) is -1.61. The topological polar surface area (TPSA) is 322 Å². The molecule has 0 aliphatic heterocycles. The van der Waals surface area contributed by atoms with Crippen molar-refractivity contribution in [2.24, 2.45) is 0 Å². The number of esters is 2. The number of amides is 3. The van der Waals surface area contributed by atoms with Gasteiger partial charge in [0.05, 0.1) is 29.3 Å². The van der Waals surface area contributed by atoms with Crippen LogP contribution in [0.1, 0.15) is 31.1 Å². The zero-order valence-electron chi connectivity index (χ0n) is 24.9. The third-order valence-corrected chi connectivity index (χ3v) is 6.51.